The molecule has 0 amide bonds. The van der Waals surface area contributed by atoms with E-state index in [1.807, 2.05) is 6.07 Å². The molecular weight excluding hydrogens is 162 g/mol. The van der Waals surface area contributed by atoms with Gasteiger partial charge in [-0.15, -0.1) is 0 Å². The average Bonchev–Trinajstić information content (AvgIpc) is 2.71. The minimum absolute atomic E-state index is 0.690. The van der Waals surface area contributed by atoms with Crippen molar-refractivity contribution in [3.05, 3.63) is 18.6 Å². The van der Waals surface area contributed by atoms with E-state index in [1.165, 1.54) is 25.7 Å². The molecule has 1 saturated carbocycles. The maximum atomic E-state index is 4.24. The van der Waals surface area contributed by atoms with Crippen LogP contribution in [0, 0.1) is 0 Å². The Labute approximate surface area is 78.8 Å². The summed E-state index contributed by atoms with van der Waals surface area (Å²) in [6.07, 6.45) is 8.75. The second kappa shape index (κ2) is 3.73. The van der Waals surface area contributed by atoms with Gasteiger partial charge in [-0.05, 0) is 18.9 Å². The average molecular weight is 177 g/mol. The van der Waals surface area contributed by atoms with Crippen LogP contribution in [0.4, 0.5) is 5.82 Å². The van der Waals surface area contributed by atoms with Gasteiger partial charge in [0.25, 0.3) is 0 Å². The van der Waals surface area contributed by atoms with Crippen LogP contribution in [0.15, 0.2) is 18.6 Å². The Morgan fingerprint density at radius 1 is 1.38 bits per heavy atom. The Morgan fingerprint density at radius 3 is 2.77 bits per heavy atom. The molecule has 70 valence electrons. The van der Waals surface area contributed by atoms with Gasteiger partial charge in [0.15, 0.2) is 0 Å². The fourth-order valence-electron chi connectivity index (χ4n) is 1.97. The molecule has 0 radical (unpaired) electrons. The lowest BCUT2D eigenvalue weighted by Crippen LogP contribution is -2.29. The first kappa shape index (κ1) is 8.48. The van der Waals surface area contributed by atoms with Gasteiger partial charge in [-0.3, -0.25) is 0 Å². The summed E-state index contributed by atoms with van der Waals surface area (Å²) in [6.45, 7) is 0. The summed E-state index contributed by atoms with van der Waals surface area (Å²) in [7, 11) is 2.12. The van der Waals surface area contributed by atoms with Gasteiger partial charge in [0, 0.05) is 19.3 Å². The van der Waals surface area contributed by atoms with Crippen molar-refractivity contribution >= 4 is 5.82 Å². The van der Waals surface area contributed by atoms with E-state index in [1.54, 1.807) is 12.5 Å². The molecule has 1 aromatic rings. The second-order valence-electron chi connectivity index (χ2n) is 3.62. The van der Waals surface area contributed by atoms with Crippen LogP contribution in [0.5, 0.6) is 0 Å². The van der Waals surface area contributed by atoms with Gasteiger partial charge in [-0.1, -0.05) is 12.8 Å². The lowest BCUT2D eigenvalue weighted by Gasteiger charge is -2.24. The highest BCUT2D eigenvalue weighted by molar-refractivity contribution is 5.36. The van der Waals surface area contributed by atoms with E-state index < -0.39 is 0 Å². The Balaban J connectivity index is 2.08. The normalized spacial score (nSPS) is 17.6. The standard InChI is InChI=1S/C10H15N3/c1-13(9-4-2-3-5-9)10-6-7-11-8-12-10/h6-9H,2-5H2,1H3. The number of nitrogens with zero attached hydrogens (tertiary/aromatic N) is 3. The summed E-state index contributed by atoms with van der Waals surface area (Å²) in [5, 5.41) is 0. The summed E-state index contributed by atoms with van der Waals surface area (Å²) < 4.78 is 0. The largest absolute Gasteiger partial charge is 0.357 e. The van der Waals surface area contributed by atoms with Gasteiger partial charge >= 0.3 is 0 Å². The molecule has 0 atom stereocenters. The van der Waals surface area contributed by atoms with Crippen LogP contribution in [-0.2, 0) is 0 Å². The quantitative estimate of drug-likeness (QED) is 0.690. The van der Waals surface area contributed by atoms with Gasteiger partial charge in [-0.2, -0.15) is 0 Å². The summed E-state index contributed by atoms with van der Waals surface area (Å²) in [5.74, 6) is 1.04. The predicted molar refractivity (Wildman–Crippen MR) is 52.7 cm³/mol. The molecule has 2 rings (SSSR count). The fraction of sp³-hybridized carbons (Fsp3) is 0.600. The van der Waals surface area contributed by atoms with E-state index >= 15 is 0 Å². The second-order valence-corrected chi connectivity index (χ2v) is 3.62. The van der Waals surface area contributed by atoms with Gasteiger partial charge in [0.2, 0.25) is 0 Å². The summed E-state index contributed by atoms with van der Waals surface area (Å²) in [5.41, 5.74) is 0. The molecule has 0 bridgehead atoms. The molecule has 0 aliphatic heterocycles. The zero-order valence-electron chi connectivity index (χ0n) is 7.98. The smallest absolute Gasteiger partial charge is 0.131 e. The van der Waals surface area contributed by atoms with E-state index in [0.29, 0.717) is 6.04 Å². The molecule has 3 nitrogen and oxygen atoms in total. The van der Waals surface area contributed by atoms with Crippen molar-refractivity contribution in [3.8, 4) is 0 Å². The number of rotatable bonds is 2. The van der Waals surface area contributed by atoms with Crippen LogP contribution >= 0.6 is 0 Å². The van der Waals surface area contributed by atoms with Crippen molar-refractivity contribution in [1.82, 2.24) is 9.97 Å². The van der Waals surface area contributed by atoms with Crippen molar-refractivity contribution in [3.63, 3.8) is 0 Å². The molecule has 13 heavy (non-hydrogen) atoms. The summed E-state index contributed by atoms with van der Waals surface area (Å²) in [4.78, 5) is 10.4. The number of anilines is 1. The Hall–Kier alpha value is -1.12. The van der Waals surface area contributed by atoms with Crippen LogP contribution in [0.1, 0.15) is 25.7 Å². The molecule has 0 unspecified atom stereocenters. The van der Waals surface area contributed by atoms with E-state index in [2.05, 4.69) is 21.9 Å². The highest BCUT2D eigenvalue weighted by Crippen LogP contribution is 2.25. The third-order valence-electron chi connectivity index (χ3n) is 2.80. The number of hydrogen-bond donors (Lipinski definition) is 0. The zero-order valence-corrected chi connectivity index (χ0v) is 7.98. The van der Waals surface area contributed by atoms with E-state index in [-0.39, 0.29) is 0 Å². The van der Waals surface area contributed by atoms with Crippen molar-refractivity contribution < 1.29 is 0 Å². The molecule has 0 saturated heterocycles. The fourth-order valence-corrected chi connectivity index (χ4v) is 1.97. The van der Waals surface area contributed by atoms with Crippen LogP contribution in [0.2, 0.25) is 0 Å². The Bertz CT molecular complexity index is 254. The highest BCUT2D eigenvalue weighted by Gasteiger charge is 2.19. The van der Waals surface area contributed by atoms with E-state index in [9.17, 15) is 0 Å². The monoisotopic (exact) mass is 177 g/mol. The maximum Gasteiger partial charge on any atom is 0.131 e. The third kappa shape index (κ3) is 1.79. The molecule has 1 heterocycles. The van der Waals surface area contributed by atoms with Crippen LogP contribution in [-0.4, -0.2) is 23.1 Å². The molecule has 0 aromatic carbocycles. The first-order valence-electron chi connectivity index (χ1n) is 4.87. The van der Waals surface area contributed by atoms with Crippen molar-refractivity contribution in [2.75, 3.05) is 11.9 Å². The molecule has 3 heteroatoms. The van der Waals surface area contributed by atoms with Gasteiger partial charge in [0.1, 0.15) is 12.1 Å². The molecule has 1 aliphatic rings. The lowest BCUT2D eigenvalue weighted by molar-refractivity contribution is 0.645. The van der Waals surface area contributed by atoms with E-state index in [4.69, 9.17) is 0 Å². The summed E-state index contributed by atoms with van der Waals surface area (Å²) >= 11 is 0. The van der Waals surface area contributed by atoms with Crippen molar-refractivity contribution in [2.24, 2.45) is 0 Å². The third-order valence-corrected chi connectivity index (χ3v) is 2.80. The van der Waals surface area contributed by atoms with Crippen molar-refractivity contribution in [1.29, 1.82) is 0 Å². The van der Waals surface area contributed by atoms with Crippen LogP contribution < -0.4 is 4.90 Å². The lowest BCUT2D eigenvalue weighted by atomic mass is 10.2. The topological polar surface area (TPSA) is 29.0 Å². The first-order chi connectivity index (χ1) is 6.38. The number of aromatic nitrogens is 2. The van der Waals surface area contributed by atoms with Gasteiger partial charge in [-0.25, -0.2) is 9.97 Å². The molecule has 0 spiro atoms. The number of hydrogen-bond acceptors (Lipinski definition) is 3. The van der Waals surface area contributed by atoms with Gasteiger partial charge < -0.3 is 4.90 Å². The Morgan fingerprint density at radius 2 is 2.15 bits per heavy atom. The SMILES string of the molecule is CN(c1ccncn1)C1CCCC1. The minimum atomic E-state index is 0.690. The van der Waals surface area contributed by atoms with Gasteiger partial charge in [0.05, 0.1) is 0 Å². The molecular formula is C10H15N3. The van der Waals surface area contributed by atoms with Crippen LogP contribution in [0.3, 0.4) is 0 Å². The molecule has 1 aliphatic carbocycles. The maximum absolute atomic E-state index is 4.24. The molecule has 0 N–H and O–H groups in total. The highest BCUT2D eigenvalue weighted by atomic mass is 15.2. The van der Waals surface area contributed by atoms with Crippen molar-refractivity contribution in [2.45, 2.75) is 31.7 Å². The molecule has 1 fully saturated rings. The predicted octanol–water partition coefficient (Wildman–Crippen LogP) is 1.86. The van der Waals surface area contributed by atoms with E-state index in [0.717, 1.165) is 5.82 Å². The first-order valence-corrected chi connectivity index (χ1v) is 4.87. The summed E-state index contributed by atoms with van der Waals surface area (Å²) in [6, 6.07) is 2.66. The zero-order chi connectivity index (χ0) is 9.10. The van der Waals surface area contributed by atoms with Crippen LogP contribution in [0.25, 0.3) is 0 Å². The molecule has 1 aromatic heterocycles. The Kier molecular flexibility index (Phi) is 2.43. The minimum Gasteiger partial charge on any atom is -0.357 e.